The van der Waals surface area contributed by atoms with E-state index in [9.17, 15) is 9.18 Å². The van der Waals surface area contributed by atoms with E-state index < -0.39 is 17.5 Å². The third-order valence-electron chi connectivity index (χ3n) is 2.25. The van der Waals surface area contributed by atoms with Crippen LogP contribution in [0.25, 0.3) is 0 Å². The maximum atomic E-state index is 12.7. The topological polar surface area (TPSA) is 66.9 Å². The Morgan fingerprint density at radius 2 is 2.22 bits per heavy atom. The zero-order chi connectivity index (χ0) is 13.1. The number of nitriles is 1. The standard InChI is InChI=1S/C12H6BrFN2O2/c13-11-4-3-10(18-11)12(17)8(5-15)9-2-1-7(14)6-16-9/h1-4,6,8H/t8-/m0/s1. The third-order valence-corrected chi connectivity index (χ3v) is 2.68. The maximum Gasteiger partial charge on any atom is 0.221 e. The molecule has 0 aliphatic carbocycles. The number of Topliss-reactive ketones (excluding diaryl/α,β-unsaturated/α-hetero) is 1. The molecule has 18 heavy (non-hydrogen) atoms. The van der Waals surface area contributed by atoms with Gasteiger partial charge in [0.15, 0.2) is 16.3 Å². The molecule has 4 nitrogen and oxygen atoms in total. The minimum absolute atomic E-state index is 0.0551. The highest BCUT2D eigenvalue weighted by Gasteiger charge is 2.25. The summed E-state index contributed by atoms with van der Waals surface area (Å²) in [7, 11) is 0. The Balaban J connectivity index is 2.32. The molecular formula is C12H6BrFN2O2. The number of aromatic nitrogens is 1. The Morgan fingerprint density at radius 3 is 2.72 bits per heavy atom. The summed E-state index contributed by atoms with van der Waals surface area (Å²) < 4.78 is 18.2. The number of ketones is 1. The van der Waals surface area contributed by atoms with E-state index in [4.69, 9.17) is 9.68 Å². The van der Waals surface area contributed by atoms with Gasteiger partial charge in [-0.1, -0.05) is 0 Å². The Morgan fingerprint density at radius 1 is 1.44 bits per heavy atom. The quantitative estimate of drug-likeness (QED) is 0.817. The van der Waals surface area contributed by atoms with Crippen LogP contribution in [0.2, 0.25) is 0 Å². The third kappa shape index (κ3) is 2.46. The second-order valence-corrected chi connectivity index (χ2v) is 4.21. The number of hydrogen-bond donors (Lipinski definition) is 0. The molecule has 0 amide bonds. The van der Waals surface area contributed by atoms with Crippen molar-refractivity contribution in [1.82, 2.24) is 4.98 Å². The molecular weight excluding hydrogens is 303 g/mol. The normalized spacial score (nSPS) is 11.8. The molecule has 0 aliphatic heterocycles. The molecule has 2 aromatic heterocycles. The average molecular weight is 309 g/mol. The molecule has 1 atom stereocenters. The van der Waals surface area contributed by atoms with Gasteiger partial charge in [0.1, 0.15) is 5.82 Å². The van der Waals surface area contributed by atoms with E-state index in [2.05, 4.69) is 20.9 Å². The highest BCUT2D eigenvalue weighted by Crippen LogP contribution is 2.22. The summed E-state index contributed by atoms with van der Waals surface area (Å²) in [5.74, 6) is -2.09. The lowest BCUT2D eigenvalue weighted by Gasteiger charge is -2.05. The molecule has 0 aliphatic rings. The van der Waals surface area contributed by atoms with Crippen molar-refractivity contribution >= 4 is 21.7 Å². The lowest BCUT2D eigenvalue weighted by molar-refractivity contribution is 0.0949. The summed E-state index contributed by atoms with van der Waals surface area (Å²) in [6.07, 6.45) is 0.963. The van der Waals surface area contributed by atoms with Crippen LogP contribution in [0.4, 0.5) is 4.39 Å². The van der Waals surface area contributed by atoms with Gasteiger partial charge in [0.2, 0.25) is 5.78 Å². The van der Waals surface area contributed by atoms with Crippen LogP contribution in [0.3, 0.4) is 0 Å². The first-order valence-electron chi connectivity index (χ1n) is 4.92. The Labute approximate surface area is 110 Å². The van der Waals surface area contributed by atoms with Gasteiger partial charge < -0.3 is 4.42 Å². The highest BCUT2D eigenvalue weighted by atomic mass is 79.9. The Bertz CT molecular complexity index is 616. The van der Waals surface area contributed by atoms with E-state index in [1.807, 2.05) is 6.07 Å². The van der Waals surface area contributed by atoms with E-state index in [0.717, 1.165) is 12.3 Å². The lowest BCUT2D eigenvalue weighted by Crippen LogP contribution is -2.12. The van der Waals surface area contributed by atoms with Crippen LogP contribution in [0.1, 0.15) is 22.2 Å². The van der Waals surface area contributed by atoms with Gasteiger partial charge in [-0.3, -0.25) is 9.78 Å². The van der Waals surface area contributed by atoms with Crippen molar-refractivity contribution in [1.29, 1.82) is 5.26 Å². The van der Waals surface area contributed by atoms with Crippen molar-refractivity contribution in [2.45, 2.75) is 5.92 Å². The van der Waals surface area contributed by atoms with E-state index >= 15 is 0 Å². The van der Waals surface area contributed by atoms with Crippen LogP contribution in [0.15, 0.2) is 39.5 Å². The largest absolute Gasteiger partial charge is 0.446 e. The van der Waals surface area contributed by atoms with E-state index in [-0.39, 0.29) is 11.5 Å². The number of rotatable bonds is 3. The van der Waals surface area contributed by atoms with Gasteiger partial charge in [-0.25, -0.2) is 4.39 Å². The van der Waals surface area contributed by atoms with Crippen molar-refractivity contribution in [3.63, 3.8) is 0 Å². The minimum Gasteiger partial charge on any atom is -0.446 e. The second-order valence-electron chi connectivity index (χ2n) is 3.43. The van der Waals surface area contributed by atoms with Crippen molar-refractivity contribution in [2.75, 3.05) is 0 Å². The van der Waals surface area contributed by atoms with Crippen LogP contribution in [0, 0.1) is 17.1 Å². The number of carbonyl (C=O) groups excluding carboxylic acids is 1. The molecule has 0 bridgehead atoms. The second kappa shape index (κ2) is 5.10. The molecule has 0 unspecified atom stereocenters. The monoisotopic (exact) mass is 308 g/mol. The van der Waals surface area contributed by atoms with Gasteiger partial charge in [0.05, 0.1) is 18.0 Å². The number of pyridine rings is 1. The van der Waals surface area contributed by atoms with Crippen LogP contribution in [-0.2, 0) is 0 Å². The predicted molar refractivity (Wildman–Crippen MR) is 63.3 cm³/mol. The first kappa shape index (κ1) is 12.5. The zero-order valence-electron chi connectivity index (χ0n) is 8.93. The van der Waals surface area contributed by atoms with Gasteiger partial charge in [-0.2, -0.15) is 5.26 Å². The summed E-state index contributed by atoms with van der Waals surface area (Å²) in [4.78, 5) is 15.7. The summed E-state index contributed by atoms with van der Waals surface area (Å²) in [6.45, 7) is 0. The van der Waals surface area contributed by atoms with Crippen molar-refractivity contribution < 1.29 is 13.6 Å². The highest BCUT2D eigenvalue weighted by molar-refractivity contribution is 9.10. The lowest BCUT2D eigenvalue weighted by atomic mass is 9.99. The molecule has 0 spiro atoms. The maximum absolute atomic E-state index is 12.7. The van der Waals surface area contributed by atoms with Gasteiger partial charge >= 0.3 is 0 Å². The first-order valence-corrected chi connectivity index (χ1v) is 5.71. The predicted octanol–water partition coefficient (Wildman–Crippen LogP) is 3.07. The number of halogens is 2. The van der Waals surface area contributed by atoms with E-state index in [1.165, 1.54) is 12.1 Å². The summed E-state index contributed by atoms with van der Waals surface area (Å²) >= 11 is 3.07. The average Bonchev–Trinajstić information content (AvgIpc) is 2.79. The molecule has 2 heterocycles. The van der Waals surface area contributed by atoms with Crippen LogP contribution in [0.5, 0.6) is 0 Å². The molecule has 0 N–H and O–H groups in total. The molecule has 0 saturated heterocycles. The van der Waals surface area contributed by atoms with Crippen LogP contribution < -0.4 is 0 Å². The van der Waals surface area contributed by atoms with Crippen molar-refractivity contribution in [2.24, 2.45) is 0 Å². The van der Waals surface area contributed by atoms with Gasteiger partial charge in [0, 0.05) is 0 Å². The fraction of sp³-hybridized carbons (Fsp3) is 0.0833. The van der Waals surface area contributed by atoms with Gasteiger partial charge in [-0.05, 0) is 40.2 Å². The summed E-state index contributed by atoms with van der Waals surface area (Å²) in [5.41, 5.74) is 0.191. The van der Waals surface area contributed by atoms with Crippen molar-refractivity contribution in [3.8, 4) is 6.07 Å². The van der Waals surface area contributed by atoms with Gasteiger partial charge in [0.25, 0.3) is 0 Å². The summed E-state index contributed by atoms with van der Waals surface area (Å²) in [5, 5.41) is 9.03. The smallest absolute Gasteiger partial charge is 0.221 e. The molecule has 2 aromatic rings. The van der Waals surface area contributed by atoms with E-state index in [0.29, 0.717) is 4.67 Å². The summed E-state index contributed by atoms with van der Waals surface area (Å²) in [6, 6.07) is 7.30. The fourth-order valence-corrected chi connectivity index (χ4v) is 1.71. The number of furan rings is 1. The fourth-order valence-electron chi connectivity index (χ4n) is 1.41. The SMILES string of the molecule is N#C[C@H](C(=O)c1ccc(Br)o1)c1ccc(F)cn1. The number of carbonyl (C=O) groups is 1. The number of nitrogens with zero attached hydrogens (tertiary/aromatic N) is 2. The molecule has 2 rings (SSSR count). The van der Waals surface area contributed by atoms with Crippen LogP contribution >= 0.6 is 15.9 Å². The van der Waals surface area contributed by atoms with Crippen molar-refractivity contribution in [3.05, 3.63) is 52.4 Å². The number of hydrogen-bond acceptors (Lipinski definition) is 4. The van der Waals surface area contributed by atoms with E-state index in [1.54, 1.807) is 6.07 Å². The Kier molecular flexibility index (Phi) is 3.53. The van der Waals surface area contributed by atoms with Gasteiger partial charge in [-0.15, -0.1) is 0 Å². The molecule has 0 radical (unpaired) electrons. The first-order chi connectivity index (χ1) is 8.61. The zero-order valence-corrected chi connectivity index (χ0v) is 10.5. The molecule has 0 fully saturated rings. The molecule has 0 saturated carbocycles. The minimum atomic E-state index is -1.11. The van der Waals surface area contributed by atoms with Crippen LogP contribution in [-0.4, -0.2) is 10.8 Å². The molecule has 0 aromatic carbocycles. The molecule has 6 heteroatoms. The molecule has 90 valence electrons. The Hall–Kier alpha value is -2.00.